The Bertz CT molecular complexity index is 1160. The van der Waals surface area contributed by atoms with Gasteiger partial charge in [0.1, 0.15) is 0 Å². The van der Waals surface area contributed by atoms with Gasteiger partial charge >= 0.3 is 11.7 Å². The lowest BCUT2D eigenvalue weighted by Crippen LogP contribution is -2.26. The molecule has 1 fully saturated rings. The fourth-order valence-electron chi connectivity index (χ4n) is 5.18. The van der Waals surface area contributed by atoms with Gasteiger partial charge in [-0.2, -0.15) is 0 Å². The van der Waals surface area contributed by atoms with Gasteiger partial charge in [0.2, 0.25) is 0 Å². The van der Waals surface area contributed by atoms with E-state index >= 15 is 0 Å². The fourth-order valence-corrected chi connectivity index (χ4v) is 5.18. The Morgan fingerprint density at radius 2 is 1.74 bits per heavy atom. The maximum Gasteiger partial charge on any atom is 0.336 e. The van der Waals surface area contributed by atoms with E-state index in [1.807, 2.05) is 45.5 Å². The van der Waals surface area contributed by atoms with Gasteiger partial charge in [0.05, 0.1) is 12.1 Å². The van der Waals surface area contributed by atoms with Crippen LogP contribution in [0.4, 0.5) is 0 Å². The summed E-state index contributed by atoms with van der Waals surface area (Å²) in [6, 6.07) is 14.9. The van der Waals surface area contributed by atoms with E-state index < -0.39 is 5.97 Å². The van der Waals surface area contributed by atoms with E-state index in [0.717, 1.165) is 42.1 Å². The van der Waals surface area contributed by atoms with Crippen LogP contribution in [-0.4, -0.2) is 20.2 Å². The Hall–Kier alpha value is -3.08. The van der Waals surface area contributed by atoms with E-state index in [-0.39, 0.29) is 5.69 Å². The molecule has 1 heterocycles. The minimum atomic E-state index is -0.931. The SMILES string of the molecule is CC(C)Cc1cn(CCC2CCCCC2)c(=O)n1Cc1ccc(-c2ccccc2C(=O)O)cc1. The van der Waals surface area contributed by atoms with Gasteiger partial charge < -0.3 is 5.11 Å². The van der Waals surface area contributed by atoms with Gasteiger partial charge in [-0.05, 0) is 47.4 Å². The first-order chi connectivity index (χ1) is 16.4. The Balaban J connectivity index is 1.54. The van der Waals surface area contributed by atoms with E-state index in [1.165, 1.54) is 32.1 Å². The molecule has 34 heavy (non-hydrogen) atoms. The molecular weight excluding hydrogens is 424 g/mol. The highest BCUT2D eigenvalue weighted by atomic mass is 16.4. The summed E-state index contributed by atoms with van der Waals surface area (Å²) >= 11 is 0. The summed E-state index contributed by atoms with van der Waals surface area (Å²) in [4.78, 5) is 24.9. The molecule has 3 aromatic rings. The van der Waals surface area contributed by atoms with Gasteiger partial charge in [0.25, 0.3) is 0 Å². The van der Waals surface area contributed by atoms with E-state index in [0.29, 0.717) is 23.6 Å². The normalized spacial score (nSPS) is 14.6. The molecule has 4 rings (SSSR count). The highest BCUT2D eigenvalue weighted by Gasteiger charge is 2.17. The second kappa shape index (κ2) is 10.9. The first-order valence-electron chi connectivity index (χ1n) is 12.6. The van der Waals surface area contributed by atoms with Crippen LogP contribution in [0, 0.1) is 11.8 Å². The summed E-state index contributed by atoms with van der Waals surface area (Å²) < 4.78 is 3.84. The van der Waals surface area contributed by atoms with Crippen LogP contribution >= 0.6 is 0 Å². The molecule has 1 aliphatic carbocycles. The molecule has 0 aliphatic heterocycles. The highest BCUT2D eigenvalue weighted by Crippen LogP contribution is 2.27. The molecule has 0 spiro atoms. The number of hydrogen-bond donors (Lipinski definition) is 1. The third-order valence-corrected chi connectivity index (χ3v) is 7.01. The first kappa shape index (κ1) is 24.1. The van der Waals surface area contributed by atoms with Crippen molar-refractivity contribution in [2.75, 3.05) is 0 Å². The number of aromatic carboxylic acids is 1. The highest BCUT2D eigenvalue weighted by molar-refractivity contribution is 5.95. The third kappa shape index (κ3) is 5.69. The summed E-state index contributed by atoms with van der Waals surface area (Å²) in [5, 5.41) is 9.50. The minimum absolute atomic E-state index is 0.0757. The predicted molar refractivity (Wildman–Crippen MR) is 136 cm³/mol. The van der Waals surface area contributed by atoms with Crippen molar-refractivity contribution >= 4 is 5.97 Å². The third-order valence-electron chi connectivity index (χ3n) is 7.01. The molecule has 1 saturated carbocycles. The quantitative estimate of drug-likeness (QED) is 0.411. The first-order valence-corrected chi connectivity index (χ1v) is 12.6. The van der Waals surface area contributed by atoms with Crippen molar-refractivity contribution < 1.29 is 9.90 Å². The molecule has 0 amide bonds. The van der Waals surface area contributed by atoms with Crippen LogP contribution < -0.4 is 5.69 Å². The molecule has 0 unspecified atom stereocenters. The maximum atomic E-state index is 13.3. The largest absolute Gasteiger partial charge is 0.478 e. The summed E-state index contributed by atoms with van der Waals surface area (Å²) in [6.07, 6.45) is 10.6. The molecule has 1 aliphatic rings. The van der Waals surface area contributed by atoms with Crippen LogP contribution in [0.15, 0.2) is 59.5 Å². The summed E-state index contributed by atoms with van der Waals surface area (Å²) in [6.45, 7) is 5.69. The smallest absolute Gasteiger partial charge is 0.336 e. The molecule has 0 saturated heterocycles. The zero-order valence-corrected chi connectivity index (χ0v) is 20.4. The van der Waals surface area contributed by atoms with E-state index in [4.69, 9.17) is 0 Å². The number of aryl methyl sites for hydroxylation is 1. The Morgan fingerprint density at radius 1 is 1.03 bits per heavy atom. The second-order valence-electron chi connectivity index (χ2n) is 10.1. The van der Waals surface area contributed by atoms with Gasteiger partial charge in [-0.15, -0.1) is 0 Å². The minimum Gasteiger partial charge on any atom is -0.478 e. The predicted octanol–water partition coefficient (Wildman–Crippen LogP) is 6.23. The lowest BCUT2D eigenvalue weighted by molar-refractivity contribution is 0.0697. The topological polar surface area (TPSA) is 64.2 Å². The molecule has 5 nitrogen and oxygen atoms in total. The van der Waals surface area contributed by atoms with Crippen LogP contribution in [0.5, 0.6) is 0 Å². The van der Waals surface area contributed by atoms with E-state index in [2.05, 4.69) is 20.0 Å². The van der Waals surface area contributed by atoms with Gasteiger partial charge in [-0.1, -0.05) is 88.4 Å². The van der Waals surface area contributed by atoms with Crippen molar-refractivity contribution in [2.24, 2.45) is 11.8 Å². The van der Waals surface area contributed by atoms with E-state index in [9.17, 15) is 14.7 Å². The second-order valence-corrected chi connectivity index (χ2v) is 10.1. The molecule has 5 heteroatoms. The van der Waals surface area contributed by atoms with Crippen molar-refractivity contribution in [3.05, 3.63) is 82.0 Å². The number of hydrogen-bond acceptors (Lipinski definition) is 2. The number of carbonyl (C=O) groups is 1. The van der Waals surface area contributed by atoms with Crippen LogP contribution in [0.3, 0.4) is 0 Å². The molecule has 1 N–H and O–H groups in total. The van der Waals surface area contributed by atoms with Gasteiger partial charge in [0.15, 0.2) is 0 Å². The van der Waals surface area contributed by atoms with Crippen molar-refractivity contribution in [3.63, 3.8) is 0 Å². The number of rotatable bonds is 9. The zero-order valence-electron chi connectivity index (χ0n) is 20.4. The van der Waals surface area contributed by atoms with Crippen molar-refractivity contribution in [3.8, 4) is 11.1 Å². The monoisotopic (exact) mass is 460 g/mol. The van der Waals surface area contributed by atoms with Crippen molar-refractivity contribution in [1.82, 2.24) is 9.13 Å². The number of imidazole rings is 1. The Morgan fingerprint density at radius 3 is 2.41 bits per heavy atom. The summed E-state index contributed by atoms with van der Waals surface area (Å²) in [5.74, 6) is 0.285. The van der Waals surface area contributed by atoms with Gasteiger partial charge in [-0.25, -0.2) is 9.59 Å². The van der Waals surface area contributed by atoms with Gasteiger partial charge in [-0.3, -0.25) is 9.13 Å². The number of carboxylic acid groups (broad SMARTS) is 1. The van der Waals surface area contributed by atoms with E-state index in [1.54, 1.807) is 12.1 Å². The average molecular weight is 461 g/mol. The lowest BCUT2D eigenvalue weighted by Gasteiger charge is -2.21. The fraction of sp³-hybridized carbons (Fsp3) is 0.448. The Labute approximate surface area is 202 Å². The molecule has 0 radical (unpaired) electrons. The lowest BCUT2D eigenvalue weighted by atomic mass is 9.87. The average Bonchev–Trinajstić information content (AvgIpc) is 3.12. The molecule has 180 valence electrons. The van der Waals surface area contributed by atoms with Crippen LogP contribution in [0.2, 0.25) is 0 Å². The van der Waals surface area contributed by atoms with Crippen molar-refractivity contribution in [2.45, 2.75) is 71.9 Å². The number of aromatic nitrogens is 2. The Kier molecular flexibility index (Phi) is 7.71. The van der Waals surface area contributed by atoms with Crippen molar-refractivity contribution in [1.29, 1.82) is 0 Å². The number of benzene rings is 2. The summed E-state index contributed by atoms with van der Waals surface area (Å²) in [7, 11) is 0. The van der Waals surface area contributed by atoms with Gasteiger partial charge in [0, 0.05) is 18.4 Å². The molecule has 0 atom stereocenters. The zero-order chi connectivity index (χ0) is 24.1. The number of carboxylic acids is 1. The van der Waals surface area contributed by atoms with Crippen LogP contribution in [0.25, 0.3) is 11.1 Å². The molecule has 0 bridgehead atoms. The van der Waals surface area contributed by atoms with Crippen LogP contribution in [-0.2, 0) is 19.5 Å². The maximum absolute atomic E-state index is 13.3. The number of nitrogens with zero attached hydrogens (tertiary/aromatic N) is 2. The standard InChI is InChI=1S/C29H36N2O3/c1-21(2)18-25-20-30(17-16-22-8-4-3-5-9-22)29(34)31(25)19-23-12-14-24(15-13-23)26-10-6-7-11-27(26)28(32)33/h6-7,10-15,20-22H,3-5,8-9,16-19H2,1-2H3,(H,32,33). The van der Waals surface area contributed by atoms with Crippen LogP contribution in [0.1, 0.15) is 74.0 Å². The molecular formula is C29H36N2O3. The molecule has 1 aromatic heterocycles. The molecule has 2 aromatic carbocycles. The summed E-state index contributed by atoms with van der Waals surface area (Å²) in [5.41, 5.74) is 4.06.